The minimum atomic E-state index is -0.905. The number of rotatable bonds is 5. The lowest BCUT2D eigenvalue weighted by Gasteiger charge is -2.30. The Morgan fingerprint density at radius 1 is 1.33 bits per heavy atom. The summed E-state index contributed by atoms with van der Waals surface area (Å²) in [6, 6.07) is 3.97. The maximum absolute atomic E-state index is 13.2. The average molecular weight is 296 g/mol. The van der Waals surface area contributed by atoms with Gasteiger partial charge in [0.05, 0.1) is 6.42 Å². The lowest BCUT2D eigenvalue weighted by atomic mass is 10.0. The van der Waals surface area contributed by atoms with Gasteiger partial charge in [-0.25, -0.2) is 8.78 Å². The molecule has 2 rings (SSSR count). The molecule has 1 saturated heterocycles. The van der Waals surface area contributed by atoms with Gasteiger partial charge in [-0.3, -0.25) is 4.79 Å². The fourth-order valence-corrected chi connectivity index (χ4v) is 2.69. The van der Waals surface area contributed by atoms with E-state index in [1.54, 1.807) is 4.90 Å². The number of nitrogens with one attached hydrogen (secondary N) is 1. The highest BCUT2D eigenvalue weighted by molar-refractivity contribution is 5.78. The van der Waals surface area contributed by atoms with Crippen LogP contribution in [0.25, 0.3) is 0 Å². The van der Waals surface area contributed by atoms with Gasteiger partial charge < -0.3 is 10.2 Å². The Kier molecular flexibility index (Phi) is 5.67. The number of benzene rings is 1. The van der Waals surface area contributed by atoms with Crippen LogP contribution in [0.15, 0.2) is 18.2 Å². The summed E-state index contributed by atoms with van der Waals surface area (Å²) < 4.78 is 26.1. The second-order valence-corrected chi connectivity index (χ2v) is 5.50. The molecule has 1 aromatic carbocycles. The summed E-state index contributed by atoms with van der Waals surface area (Å²) in [4.78, 5) is 14.1. The predicted octanol–water partition coefficient (Wildman–Crippen LogP) is 2.50. The molecule has 1 amide bonds. The van der Waals surface area contributed by atoms with Crippen molar-refractivity contribution < 1.29 is 13.6 Å². The first-order chi connectivity index (χ1) is 10.1. The van der Waals surface area contributed by atoms with Gasteiger partial charge in [-0.05, 0) is 44.0 Å². The molecule has 1 heterocycles. The Morgan fingerprint density at radius 3 is 2.76 bits per heavy atom. The number of carbonyl (C=O) groups excluding carboxylic acids is 1. The van der Waals surface area contributed by atoms with Gasteiger partial charge in [-0.1, -0.05) is 12.5 Å². The highest BCUT2D eigenvalue weighted by Crippen LogP contribution is 2.12. The third-order valence-corrected chi connectivity index (χ3v) is 3.93. The summed E-state index contributed by atoms with van der Waals surface area (Å²) in [5.41, 5.74) is 0.508. The van der Waals surface area contributed by atoms with Crippen molar-refractivity contribution in [3.05, 3.63) is 35.4 Å². The average Bonchev–Trinajstić information content (AvgIpc) is 2.49. The number of halogens is 2. The maximum Gasteiger partial charge on any atom is 0.227 e. The summed E-state index contributed by atoms with van der Waals surface area (Å²) in [5.74, 6) is -1.84. The molecule has 0 bridgehead atoms. The summed E-state index contributed by atoms with van der Waals surface area (Å²) in [5, 5.41) is 3.42. The van der Waals surface area contributed by atoms with Crippen LogP contribution in [0, 0.1) is 11.6 Å². The van der Waals surface area contributed by atoms with Crippen LogP contribution in [0.1, 0.15) is 31.7 Å². The zero-order chi connectivity index (χ0) is 15.2. The lowest BCUT2D eigenvalue weighted by Crippen LogP contribution is -2.46. The van der Waals surface area contributed by atoms with E-state index in [1.165, 1.54) is 18.9 Å². The van der Waals surface area contributed by atoms with Crippen molar-refractivity contribution in [1.29, 1.82) is 0 Å². The Bertz CT molecular complexity index is 487. The van der Waals surface area contributed by atoms with Gasteiger partial charge in [0, 0.05) is 19.1 Å². The molecule has 0 saturated carbocycles. The molecule has 21 heavy (non-hydrogen) atoms. The molecular weight excluding hydrogens is 274 g/mol. The fourth-order valence-electron chi connectivity index (χ4n) is 2.69. The van der Waals surface area contributed by atoms with E-state index in [2.05, 4.69) is 5.32 Å². The van der Waals surface area contributed by atoms with E-state index in [9.17, 15) is 13.6 Å². The van der Waals surface area contributed by atoms with Crippen molar-refractivity contribution in [1.82, 2.24) is 10.2 Å². The van der Waals surface area contributed by atoms with Crippen molar-refractivity contribution in [3.8, 4) is 0 Å². The third kappa shape index (κ3) is 4.49. The van der Waals surface area contributed by atoms with Gasteiger partial charge in [-0.15, -0.1) is 0 Å². The lowest BCUT2D eigenvalue weighted by molar-refractivity contribution is -0.130. The Labute approximate surface area is 124 Å². The van der Waals surface area contributed by atoms with Gasteiger partial charge in [0.15, 0.2) is 11.6 Å². The molecule has 1 N–H and O–H groups in total. The number of likely N-dealkylation sites (N-methyl/N-ethyl adjacent to an activating group) is 1. The van der Waals surface area contributed by atoms with Gasteiger partial charge >= 0.3 is 0 Å². The minimum absolute atomic E-state index is 0.0455. The Balaban J connectivity index is 1.94. The van der Waals surface area contributed by atoms with Gasteiger partial charge in [0.25, 0.3) is 0 Å². The van der Waals surface area contributed by atoms with Crippen molar-refractivity contribution in [2.24, 2.45) is 0 Å². The maximum atomic E-state index is 13.2. The highest BCUT2D eigenvalue weighted by Gasteiger charge is 2.19. The fraction of sp³-hybridized carbons (Fsp3) is 0.562. The predicted molar refractivity (Wildman–Crippen MR) is 78.0 cm³/mol. The van der Waals surface area contributed by atoms with Gasteiger partial charge in [0.1, 0.15) is 0 Å². The number of nitrogens with zero attached hydrogens (tertiary/aromatic N) is 1. The van der Waals surface area contributed by atoms with Crippen LogP contribution in [0.3, 0.4) is 0 Å². The quantitative estimate of drug-likeness (QED) is 0.905. The molecule has 0 aliphatic carbocycles. The van der Waals surface area contributed by atoms with Crippen LogP contribution in [0.4, 0.5) is 8.78 Å². The second kappa shape index (κ2) is 7.50. The van der Waals surface area contributed by atoms with Crippen LogP contribution in [-0.2, 0) is 11.2 Å². The van der Waals surface area contributed by atoms with Crippen molar-refractivity contribution in [3.63, 3.8) is 0 Å². The van der Waals surface area contributed by atoms with E-state index >= 15 is 0 Å². The van der Waals surface area contributed by atoms with Gasteiger partial charge in [0.2, 0.25) is 5.91 Å². The number of amides is 1. The van der Waals surface area contributed by atoms with Crippen molar-refractivity contribution in [2.75, 3.05) is 19.6 Å². The highest BCUT2D eigenvalue weighted by atomic mass is 19.2. The monoisotopic (exact) mass is 296 g/mol. The molecule has 5 heteroatoms. The number of hydrogen-bond acceptors (Lipinski definition) is 2. The van der Waals surface area contributed by atoms with Crippen LogP contribution >= 0.6 is 0 Å². The number of carbonyl (C=O) groups is 1. The SMILES string of the molecule is CCN(CC1CCCCN1)C(=O)Cc1ccc(F)c(F)c1. The van der Waals surface area contributed by atoms with Crippen LogP contribution in [0.2, 0.25) is 0 Å². The van der Waals surface area contributed by atoms with Crippen LogP contribution in [0.5, 0.6) is 0 Å². The summed E-state index contributed by atoms with van der Waals surface area (Å²) in [6.07, 6.45) is 3.56. The molecule has 1 aliphatic rings. The first-order valence-electron chi connectivity index (χ1n) is 7.55. The molecule has 1 fully saturated rings. The molecule has 116 valence electrons. The Hall–Kier alpha value is -1.49. The van der Waals surface area contributed by atoms with Crippen molar-refractivity contribution >= 4 is 5.91 Å². The number of hydrogen-bond donors (Lipinski definition) is 1. The minimum Gasteiger partial charge on any atom is -0.341 e. The van der Waals surface area contributed by atoms with Crippen LogP contribution < -0.4 is 5.32 Å². The van der Waals surface area contributed by atoms with Crippen molar-refractivity contribution in [2.45, 2.75) is 38.6 Å². The summed E-state index contributed by atoms with van der Waals surface area (Å²) in [6.45, 7) is 4.24. The third-order valence-electron chi connectivity index (χ3n) is 3.93. The van der Waals surface area contributed by atoms with E-state index < -0.39 is 11.6 Å². The molecule has 1 aliphatic heterocycles. The molecule has 0 aromatic heterocycles. The van der Waals surface area contributed by atoms with Gasteiger partial charge in [-0.2, -0.15) is 0 Å². The molecule has 1 atom stereocenters. The van der Waals surface area contributed by atoms with E-state index in [4.69, 9.17) is 0 Å². The topological polar surface area (TPSA) is 32.3 Å². The standard InChI is InChI=1S/C16H22F2N2O/c1-2-20(11-13-5-3-4-8-19-13)16(21)10-12-6-7-14(17)15(18)9-12/h6-7,9,13,19H,2-5,8,10-11H2,1H3. The normalized spacial score (nSPS) is 18.5. The number of piperidine rings is 1. The molecule has 0 spiro atoms. The Morgan fingerprint density at radius 2 is 2.14 bits per heavy atom. The zero-order valence-corrected chi connectivity index (χ0v) is 12.4. The summed E-state index contributed by atoms with van der Waals surface area (Å²) >= 11 is 0. The van der Waals surface area contributed by atoms with E-state index in [0.717, 1.165) is 25.1 Å². The summed E-state index contributed by atoms with van der Waals surface area (Å²) in [7, 11) is 0. The van der Waals surface area contributed by atoms with Crippen LogP contribution in [-0.4, -0.2) is 36.5 Å². The smallest absolute Gasteiger partial charge is 0.227 e. The molecule has 3 nitrogen and oxygen atoms in total. The largest absolute Gasteiger partial charge is 0.341 e. The van der Waals surface area contributed by atoms with E-state index in [1.807, 2.05) is 6.92 Å². The molecule has 0 radical (unpaired) electrons. The second-order valence-electron chi connectivity index (χ2n) is 5.50. The molecule has 1 aromatic rings. The first-order valence-corrected chi connectivity index (χ1v) is 7.55. The first kappa shape index (κ1) is 15.9. The molecule has 1 unspecified atom stereocenters. The zero-order valence-electron chi connectivity index (χ0n) is 12.4. The molecular formula is C16H22F2N2O. The van der Waals surface area contributed by atoms with E-state index in [-0.39, 0.29) is 12.3 Å². The van der Waals surface area contributed by atoms with E-state index in [0.29, 0.717) is 24.7 Å².